The Kier molecular flexibility index (Phi) is 5.62. The molecule has 0 aliphatic rings. The van der Waals surface area contributed by atoms with E-state index >= 15 is 0 Å². The summed E-state index contributed by atoms with van der Waals surface area (Å²) in [7, 11) is -4.33. The molecule has 0 bridgehead atoms. The van der Waals surface area contributed by atoms with Crippen LogP contribution in [0.5, 0.6) is 5.75 Å². The van der Waals surface area contributed by atoms with Crippen LogP contribution in [0.4, 0.5) is 10.5 Å². The molecule has 9 heteroatoms. The first-order chi connectivity index (χ1) is 11.7. The van der Waals surface area contributed by atoms with Crippen LogP contribution in [0.1, 0.15) is 5.56 Å². The minimum atomic E-state index is -4.33. The van der Waals surface area contributed by atoms with Crippen LogP contribution in [-0.2, 0) is 16.4 Å². The molecule has 0 heterocycles. The van der Waals surface area contributed by atoms with Crippen LogP contribution in [0.15, 0.2) is 53.9 Å². The second-order valence-corrected chi connectivity index (χ2v) is 7.59. The van der Waals surface area contributed by atoms with Crippen LogP contribution in [-0.4, -0.2) is 19.6 Å². The molecule has 0 radical (unpaired) electrons. The Labute approximate surface area is 155 Å². The third kappa shape index (κ3) is 3.89. The lowest BCUT2D eigenvalue weighted by Gasteiger charge is -2.21. The number of phenolic OH excluding ortho intramolecular Hbond substituents is 1. The fourth-order valence-corrected chi connectivity index (χ4v) is 3.80. The normalized spacial score (nSPS) is 11.1. The standard InChI is InChI=1S/C16H14Cl2N2O4S/c1-2-3-10-8-12(5-7-15(10)21)25(23,24)20(16(19)22)11-4-6-13(17)14(18)9-11/h2,4-9,21H,1,3H2,(H2,19,22). The molecule has 0 aliphatic carbocycles. The number of benzene rings is 2. The number of anilines is 1. The maximum absolute atomic E-state index is 12.9. The average molecular weight is 401 g/mol. The maximum atomic E-state index is 12.9. The molecule has 0 unspecified atom stereocenters. The summed E-state index contributed by atoms with van der Waals surface area (Å²) in [4.78, 5) is 11.6. The number of carbonyl (C=O) groups is 1. The van der Waals surface area contributed by atoms with E-state index in [0.29, 0.717) is 9.87 Å². The molecule has 0 aromatic heterocycles. The van der Waals surface area contributed by atoms with Crippen molar-refractivity contribution in [1.82, 2.24) is 0 Å². The van der Waals surface area contributed by atoms with Crippen molar-refractivity contribution in [1.29, 1.82) is 0 Å². The first-order valence-corrected chi connectivity index (χ1v) is 9.10. The van der Waals surface area contributed by atoms with E-state index < -0.39 is 16.1 Å². The van der Waals surface area contributed by atoms with Gasteiger partial charge in [-0.2, -0.15) is 4.31 Å². The predicted molar refractivity (Wildman–Crippen MR) is 97.7 cm³/mol. The summed E-state index contributed by atoms with van der Waals surface area (Å²) in [6.45, 7) is 3.55. The summed E-state index contributed by atoms with van der Waals surface area (Å²) in [6.07, 6.45) is 1.76. The molecular formula is C16H14Cl2N2O4S. The molecule has 2 aromatic carbocycles. The second-order valence-electron chi connectivity index (χ2n) is 4.99. The van der Waals surface area contributed by atoms with Gasteiger partial charge < -0.3 is 10.8 Å². The number of halogens is 2. The number of hydrogen-bond donors (Lipinski definition) is 2. The second kappa shape index (κ2) is 7.35. The van der Waals surface area contributed by atoms with Gasteiger partial charge in [0.25, 0.3) is 10.0 Å². The SMILES string of the molecule is C=CCc1cc(S(=O)(=O)N(C(N)=O)c2ccc(Cl)c(Cl)c2)ccc1O. The lowest BCUT2D eigenvalue weighted by atomic mass is 10.1. The zero-order chi connectivity index (χ0) is 18.8. The third-order valence-corrected chi connectivity index (χ3v) is 5.75. The van der Waals surface area contributed by atoms with Crippen molar-refractivity contribution in [2.24, 2.45) is 5.73 Å². The Hall–Kier alpha value is -2.22. The summed E-state index contributed by atoms with van der Waals surface area (Å²) in [5.74, 6) is -0.0842. The van der Waals surface area contributed by atoms with Gasteiger partial charge in [0, 0.05) is 0 Å². The zero-order valence-corrected chi connectivity index (χ0v) is 15.1. The van der Waals surface area contributed by atoms with Crippen LogP contribution in [0.2, 0.25) is 10.0 Å². The fourth-order valence-electron chi connectivity index (χ4n) is 2.14. The highest BCUT2D eigenvalue weighted by Crippen LogP contribution is 2.31. The predicted octanol–water partition coefficient (Wildman–Crippen LogP) is 3.70. The van der Waals surface area contributed by atoms with Crippen molar-refractivity contribution < 1.29 is 18.3 Å². The van der Waals surface area contributed by atoms with Crippen molar-refractivity contribution in [3.8, 4) is 5.75 Å². The van der Waals surface area contributed by atoms with E-state index in [1.54, 1.807) is 0 Å². The Morgan fingerprint density at radius 1 is 1.20 bits per heavy atom. The monoisotopic (exact) mass is 400 g/mol. The van der Waals surface area contributed by atoms with Gasteiger partial charge in [-0.3, -0.25) is 0 Å². The van der Waals surface area contributed by atoms with Crippen LogP contribution in [0.3, 0.4) is 0 Å². The van der Waals surface area contributed by atoms with E-state index in [-0.39, 0.29) is 32.8 Å². The number of allylic oxidation sites excluding steroid dienone is 1. The summed E-state index contributed by atoms with van der Waals surface area (Å²) < 4.78 is 26.2. The van der Waals surface area contributed by atoms with E-state index in [2.05, 4.69) is 6.58 Å². The van der Waals surface area contributed by atoms with E-state index in [1.807, 2.05) is 0 Å². The van der Waals surface area contributed by atoms with Crippen LogP contribution < -0.4 is 10.0 Å². The fraction of sp³-hybridized carbons (Fsp3) is 0.0625. The Morgan fingerprint density at radius 3 is 2.44 bits per heavy atom. The number of nitrogens with zero attached hydrogens (tertiary/aromatic N) is 1. The number of rotatable bonds is 5. The van der Waals surface area contributed by atoms with Crippen molar-refractivity contribution in [2.45, 2.75) is 11.3 Å². The van der Waals surface area contributed by atoms with Gasteiger partial charge in [0.15, 0.2) is 0 Å². The van der Waals surface area contributed by atoms with Gasteiger partial charge in [-0.25, -0.2) is 13.2 Å². The topological polar surface area (TPSA) is 101 Å². The molecule has 0 aliphatic heterocycles. The molecule has 132 valence electrons. The summed E-state index contributed by atoms with van der Waals surface area (Å²) >= 11 is 11.7. The van der Waals surface area contributed by atoms with Gasteiger partial charge in [0.2, 0.25) is 0 Å². The first-order valence-electron chi connectivity index (χ1n) is 6.91. The molecule has 3 N–H and O–H groups in total. The molecule has 0 spiro atoms. The Balaban J connectivity index is 2.60. The lowest BCUT2D eigenvalue weighted by Crippen LogP contribution is -2.40. The molecule has 0 atom stereocenters. The van der Waals surface area contributed by atoms with Gasteiger partial charge in [-0.05, 0) is 48.4 Å². The number of primary amides is 1. The number of sulfonamides is 1. The van der Waals surface area contributed by atoms with Gasteiger partial charge >= 0.3 is 6.03 Å². The van der Waals surface area contributed by atoms with E-state index in [4.69, 9.17) is 28.9 Å². The molecule has 0 saturated heterocycles. The zero-order valence-electron chi connectivity index (χ0n) is 12.8. The van der Waals surface area contributed by atoms with Gasteiger partial charge in [-0.15, -0.1) is 6.58 Å². The third-order valence-electron chi connectivity index (χ3n) is 3.29. The molecular weight excluding hydrogens is 387 g/mol. The Morgan fingerprint density at radius 2 is 1.88 bits per heavy atom. The smallest absolute Gasteiger partial charge is 0.333 e. The van der Waals surface area contributed by atoms with Crippen molar-refractivity contribution in [2.75, 3.05) is 4.31 Å². The minimum absolute atomic E-state index is 0.0553. The largest absolute Gasteiger partial charge is 0.508 e. The number of carbonyl (C=O) groups excluding carboxylic acids is 1. The number of phenols is 1. The van der Waals surface area contributed by atoms with Crippen LogP contribution >= 0.6 is 23.2 Å². The number of hydrogen-bond acceptors (Lipinski definition) is 4. The van der Waals surface area contributed by atoms with E-state index in [1.165, 1.54) is 42.5 Å². The average Bonchev–Trinajstić information content (AvgIpc) is 2.52. The summed E-state index contributed by atoms with van der Waals surface area (Å²) in [5, 5.41) is 10.1. The summed E-state index contributed by atoms with van der Waals surface area (Å²) in [6, 6.07) is 6.31. The molecule has 2 rings (SSSR count). The van der Waals surface area contributed by atoms with Gasteiger partial charge in [-0.1, -0.05) is 29.3 Å². The highest BCUT2D eigenvalue weighted by molar-refractivity contribution is 7.93. The van der Waals surface area contributed by atoms with Crippen molar-refractivity contribution in [3.05, 3.63) is 64.7 Å². The molecule has 2 aromatic rings. The van der Waals surface area contributed by atoms with Crippen molar-refractivity contribution in [3.63, 3.8) is 0 Å². The minimum Gasteiger partial charge on any atom is -0.508 e. The molecule has 25 heavy (non-hydrogen) atoms. The highest BCUT2D eigenvalue weighted by atomic mass is 35.5. The van der Waals surface area contributed by atoms with Crippen molar-refractivity contribution >= 4 is 44.9 Å². The first kappa shape index (κ1) is 19.1. The highest BCUT2D eigenvalue weighted by Gasteiger charge is 2.30. The van der Waals surface area contributed by atoms with Crippen LogP contribution in [0.25, 0.3) is 0 Å². The molecule has 6 nitrogen and oxygen atoms in total. The molecule has 2 amide bonds. The summed E-state index contributed by atoms with van der Waals surface area (Å²) in [5.41, 5.74) is 5.56. The Bertz CT molecular complexity index is 945. The molecule has 0 saturated carbocycles. The number of nitrogens with two attached hydrogens (primary N) is 1. The maximum Gasteiger partial charge on any atom is 0.333 e. The van der Waals surface area contributed by atoms with Crippen LogP contribution in [0, 0.1) is 0 Å². The van der Waals surface area contributed by atoms with E-state index in [0.717, 1.165) is 0 Å². The van der Waals surface area contributed by atoms with E-state index in [9.17, 15) is 18.3 Å². The number of urea groups is 1. The quantitative estimate of drug-likeness (QED) is 0.746. The molecule has 0 fully saturated rings. The lowest BCUT2D eigenvalue weighted by molar-refractivity contribution is 0.257. The van der Waals surface area contributed by atoms with Gasteiger partial charge in [0.05, 0.1) is 20.6 Å². The number of aromatic hydroxyl groups is 1. The van der Waals surface area contributed by atoms with Gasteiger partial charge in [0.1, 0.15) is 5.75 Å². The number of amides is 2.